The number of nitrogens with one attached hydrogen (secondary N) is 1. The predicted octanol–water partition coefficient (Wildman–Crippen LogP) is 3.05. The Morgan fingerprint density at radius 1 is 1.10 bits per heavy atom. The van der Waals surface area contributed by atoms with Crippen molar-refractivity contribution < 1.29 is 14.6 Å². The molecule has 0 spiro atoms. The van der Waals surface area contributed by atoms with Crippen LogP contribution in [0.5, 0.6) is 5.75 Å². The van der Waals surface area contributed by atoms with E-state index >= 15 is 0 Å². The van der Waals surface area contributed by atoms with Gasteiger partial charge in [0.2, 0.25) is 0 Å². The third-order valence-corrected chi connectivity index (χ3v) is 5.41. The summed E-state index contributed by atoms with van der Waals surface area (Å²) in [6.07, 6.45) is -0.602. The van der Waals surface area contributed by atoms with Gasteiger partial charge in [0.25, 0.3) is 0 Å². The number of nitrogens with zero attached hydrogens (tertiary/aromatic N) is 2. The molecule has 0 radical (unpaired) electrons. The Labute approximate surface area is 179 Å². The van der Waals surface area contributed by atoms with Crippen LogP contribution in [-0.2, 0) is 0 Å². The van der Waals surface area contributed by atoms with Crippen LogP contribution in [0.15, 0.2) is 42.5 Å². The number of carbonyl (C=O) groups is 1. The molecule has 0 aliphatic carbocycles. The molecule has 0 unspecified atom stereocenters. The number of carbonyl (C=O) groups excluding carboxylic acids is 1. The summed E-state index contributed by atoms with van der Waals surface area (Å²) in [6, 6.07) is 11.9. The number of aliphatic hydroxyl groups excluding tert-OH is 1. The number of piperazine rings is 1. The molecule has 0 bridgehead atoms. The average Bonchev–Trinajstić information content (AvgIpc) is 2.70. The molecule has 2 amide bonds. The zero-order valence-electron chi connectivity index (χ0n) is 15.9. The summed E-state index contributed by atoms with van der Waals surface area (Å²) in [6.45, 7) is 4.10. The van der Waals surface area contributed by atoms with Crippen LogP contribution in [0.2, 0.25) is 10.0 Å². The first kappa shape index (κ1) is 21.5. The quantitative estimate of drug-likeness (QED) is 0.617. The molecule has 3 rings (SSSR count). The van der Waals surface area contributed by atoms with Gasteiger partial charge >= 0.3 is 6.03 Å². The lowest BCUT2D eigenvalue weighted by atomic mass is 10.2. The van der Waals surface area contributed by atoms with Crippen molar-refractivity contribution in [1.29, 1.82) is 0 Å². The molecule has 29 heavy (non-hydrogen) atoms. The van der Waals surface area contributed by atoms with Crippen molar-refractivity contribution in [2.45, 2.75) is 6.10 Å². The topological polar surface area (TPSA) is 91.1 Å². The van der Waals surface area contributed by atoms with E-state index in [1.807, 2.05) is 18.2 Å². The predicted molar refractivity (Wildman–Crippen MR) is 116 cm³/mol. The van der Waals surface area contributed by atoms with Crippen LogP contribution in [0, 0.1) is 0 Å². The number of primary amides is 1. The van der Waals surface area contributed by atoms with E-state index in [0.29, 0.717) is 28.0 Å². The van der Waals surface area contributed by atoms with Crippen molar-refractivity contribution in [1.82, 2.24) is 4.90 Å². The van der Waals surface area contributed by atoms with Crippen molar-refractivity contribution in [3.05, 3.63) is 52.5 Å². The zero-order valence-corrected chi connectivity index (χ0v) is 17.4. The van der Waals surface area contributed by atoms with E-state index < -0.39 is 12.1 Å². The molecule has 9 heteroatoms. The molecule has 1 fully saturated rings. The molecule has 1 atom stereocenters. The van der Waals surface area contributed by atoms with Crippen LogP contribution < -0.4 is 20.7 Å². The fourth-order valence-corrected chi connectivity index (χ4v) is 3.48. The van der Waals surface area contributed by atoms with E-state index in [1.165, 1.54) is 0 Å². The zero-order chi connectivity index (χ0) is 20.8. The summed E-state index contributed by atoms with van der Waals surface area (Å²) in [5, 5.41) is 13.9. The highest BCUT2D eigenvalue weighted by atomic mass is 35.5. The van der Waals surface area contributed by atoms with Gasteiger partial charge in [-0.25, -0.2) is 4.79 Å². The molecule has 7 nitrogen and oxygen atoms in total. The molecule has 1 heterocycles. The largest absolute Gasteiger partial charge is 0.491 e. The molecular weight excluding hydrogens is 415 g/mol. The second-order valence-corrected chi connectivity index (χ2v) is 7.68. The lowest BCUT2D eigenvalue weighted by Gasteiger charge is -2.37. The Balaban J connectivity index is 1.40. The Morgan fingerprint density at radius 3 is 2.41 bits per heavy atom. The van der Waals surface area contributed by atoms with Gasteiger partial charge in [0, 0.05) is 44.1 Å². The minimum absolute atomic E-state index is 0.190. The minimum atomic E-state index is -0.617. The lowest BCUT2D eigenvalue weighted by Crippen LogP contribution is -2.49. The van der Waals surface area contributed by atoms with Crippen molar-refractivity contribution in [3.8, 4) is 5.75 Å². The van der Waals surface area contributed by atoms with E-state index in [2.05, 4.69) is 15.1 Å². The molecule has 0 saturated carbocycles. The van der Waals surface area contributed by atoms with E-state index in [4.69, 9.17) is 33.7 Å². The van der Waals surface area contributed by atoms with E-state index in [9.17, 15) is 9.90 Å². The third kappa shape index (κ3) is 6.40. The minimum Gasteiger partial charge on any atom is -0.491 e. The number of hydrogen-bond donors (Lipinski definition) is 3. The first-order valence-electron chi connectivity index (χ1n) is 9.30. The highest BCUT2D eigenvalue weighted by molar-refractivity contribution is 6.42. The Kier molecular flexibility index (Phi) is 7.44. The summed E-state index contributed by atoms with van der Waals surface area (Å²) in [5.74, 6) is 0.614. The van der Waals surface area contributed by atoms with Crippen LogP contribution in [-0.4, -0.2) is 61.5 Å². The van der Waals surface area contributed by atoms with Crippen LogP contribution >= 0.6 is 23.2 Å². The van der Waals surface area contributed by atoms with Crippen LogP contribution in [0.1, 0.15) is 0 Å². The van der Waals surface area contributed by atoms with Crippen molar-refractivity contribution >= 4 is 40.6 Å². The second-order valence-electron chi connectivity index (χ2n) is 6.86. The maximum Gasteiger partial charge on any atom is 0.316 e. The third-order valence-electron chi connectivity index (χ3n) is 4.67. The number of halogens is 2. The van der Waals surface area contributed by atoms with Gasteiger partial charge in [0.1, 0.15) is 18.5 Å². The fourth-order valence-electron chi connectivity index (χ4n) is 3.19. The lowest BCUT2D eigenvalue weighted by molar-refractivity contribution is 0.0663. The summed E-state index contributed by atoms with van der Waals surface area (Å²) in [4.78, 5) is 15.3. The van der Waals surface area contributed by atoms with Gasteiger partial charge < -0.3 is 25.8 Å². The van der Waals surface area contributed by atoms with E-state index in [-0.39, 0.29) is 6.61 Å². The Hall–Kier alpha value is -2.19. The summed E-state index contributed by atoms with van der Waals surface area (Å²) in [7, 11) is 0. The maximum atomic E-state index is 10.8. The average molecular weight is 439 g/mol. The Morgan fingerprint density at radius 2 is 1.79 bits per heavy atom. The standard InChI is InChI=1S/C20H24Cl2N4O3/c21-18-6-3-15(11-19(18)22)26-9-7-25(8-10-26)12-16(27)13-29-17-4-1-14(2-5-17)24-20(23)28/h1-6,11,16,27H,7-10,12-13H2,(H3,23,24,28)/t16-/m1/s1. The number of amides is 2. The smallest absolute Gasteiger partial charge is 0.316 e. The number of urea groups is 1. The first-order valence-corrected chi connectivity index (χ1v) is 10.1. The molecular formula is C20H24Cl2N4O3. The van der Waals surface area contributed by atoms with Gasteiger partial charge in [-0.2, -0.15) is 0 Å². The van der Waals surface area contributed by atoms with Crippen LogP contribution in [0.25, 0.3) is 0 Å². The van der Waals surface area contributed by atoms with Gasteiger partial charge in [-0.05, 0) is 42.5 Å². The van der Waals surface area contributed by atoms with Crippen molar-refractivity contribution in [3.63, 3.8) is 0 Å². The van der Waals surface area contributed by atoms with Crippen molar-refractivity contribution in [2.75, 3.05) is 49.5 Å². The van der Waals surface area contributed by atoms with Gasteiger partial charge in [0.05, 0.1) is 10.0 Å². The van der Waals surface area contributed by atoms with Gasteiger partial charge in [-0.3, -0.25) is 4.90 Å². The van der Waals surface area contributed by atoms with Gasteiger partial charge in [-0.1, -0.05) is 23.2 Å². The maximum absolute atomic E-state index is 10.8. The number of ether oxygens (including phenoxy) is 1. The molecule has 2 aromatic carbocycles. The fraction of sp³-hybridized carbons (Fsp3) is 0.350. The van der Waals surface area contributed by atoms with Crippen molar-refractivity contribution in [2.24, 2.45) is 5.73 Å². The molecule has 1 aliphatic heterocycles. The van der Waals surface area contributed by atoms with Crippen LogP contribution in [0.3, 0.4) is 0 Å². The number of β-amino-alcohol motifs (C(OH)–C–C–N with tert-alkyl or cyclic N) is 1. The number of rotatable bonds is 7. The Bertz CT molecular complexity index is 827. The first-order chi connectivity index (χ1) is 13.9. The number of anilines is 2. The van der Waals surface area contributed by atoms with Gasteiger partial charge in [0.15, 0.2) is 0 Å². The normalized spacial score (nSPS) is 15.8. The number of nitrogens with two attached hydrogens (primary N) is 1. The molecule has 0 aromatic heterocycles. The summed E-state index contributed by atoms with van der Waals surface area (Å²) in [5.41, 5.74) is 6.71. The van der Waals surface area contributed by atoms with Crippen LogP contribution in [0.4, 0.5) is 16.2 Å². The highest BCUT2D eigenvalue weighted by Crippen LogP contribution is 2.27. The highest BCUT2D eigenvalue weighted by Gasteiger charge is 2.20. The second kappa shape index (κ2) is 10.0. The van der Waals surface area contributed by atoms with E-state index in [1.54, 1.807) is 24.3 Å². The molecule has 1 aliphatic rings. The number of benzene rings is 2. The van der Waals surface area contributed by atoms with Gasteiger partial charge in [-0.15, -0.1) is 0 Å². The molecule has 2 aromatic rings. The molecule has 4 N–H and O–H groups in total. The molecule has 156 valence electrons. The monoisotopic (exact) mass is 438 g/mol. The number of hydrogen-bond acceptors (Lipinski definition) is 5. The van der Waals surface area contributed by atoms with E-state index in [0.717, 1.165) is 31.9 Å². The number of aliphatic hydroxyl groups is 1. The summed E-state index contributed by atoms with van der Waals surface area (Å²) < 4.78 is 5.63. The SMILES string of the molecule is NC(=O)Nc1ccc(OC[C@H](O)CN2CCN(c3ccc(Cl)c(Cl)c3)CC2)cc1. The summed E-state index contributed by atoms with van der Waals surface area (Å²) >= 11 is 12.1. The molecule has 1 saturated heterocycles.